The van der Waals surface area contributed by atoms with Gasteiger partial charge in [-0.1, -0.05) is 0 Å². The van der Waals surface area contributed by atoms with E-state index in [0.717, 1.165) is 19.5 Å². The minimum Gasteiger partial charge on any atom is -0.366 e. The smallest absolute Gasteiger partial charge is 0.268 e. The van der Waals surface area contributed by atoms with Gasteiger partial charge in [0.15, 0.2) is 0 Å². The first-order chi connectivity index (χ1) is 7.25. The van der Waals surface area contributed by atoms with Crippen LogP contribution in [0, 0.1) is 6.07 Å². The molecule has 1 aromatic heterocycles. The molecule has 2 heterocycles. The summed E-state index contributed by atoms with van der Waals surface area (Å²) >= 11 is 0. The number of aromatic nitrogens is 1. The van der Waals surface area contributed by atoms with Crippen LogP contribution >= 0.6 is 0 Å². The summed E-state index contributed by atoms with van der Waals surface area (Å²) in [6.07, 6.45) is 1.06. The van der Waals surface area contributed by atoms with Gasteiger partial charge in [0.1, 0.15) is 11.5 Å². The molecule has 1 radical (unpaired) electrons. The number of hydrogen-bond acceptors (Lipinski definition) is 4. The lowest BCUT2D eigenvalue weighted by molar-refractivity contribution is 0.0995. The van der Waals surface area contributed by atoms with Crippen molar-refractivity contribution < 1.29 is 4.79 Å². The van der Waals surface area contributed by atoms with Crippen LogP contribution in [0.1, 0.15) is 16.9 Å². The van der Waals surface area contributed by atoms with Crippen LogP contribution in [-0.4, -0.2) is 30.0 Å². The molecular formula is C10H13N4O. The Morgan fingerprint density at radius 2 is 2.60 bits per heavy atom. The Morgan fingerprint density at radius 3 is 3.27 bits per heavy atom. The number of primary amides is 1. The Kier molecular flexibility index (Phi) is 2.82. The molecule has 0 unspecified atom stereocenters. The van der Waals surface area contributed by atoms with Crippen molar-refractivity contribution in [3.05, 3.63) is 23.9 Å². The number of carbonyl (C=O) groups is 1. The van der Waals surface area contributed by atoms with E-state index in [4.69, 9.17) is 5.73 Å². The maximum atomic E-state index is 10.9. The van der Waals surface area contributed by atoms with E-state index in [2.05, 4.69) is 21.7 Å². The number of carbonyl (C=O) groups excluding carboxylic acids is 1. The third kappa shape index (κ3) is 2.44. The zero-order valence-electron chi connectivity index (χ0n) is 8.29. The van der Waals surface area contributed by atoms with E-state index >= 15 is 0 Å². The fourth-order valence-electron chi connectivity index (χ4n) is 1.58. The van der Waals surface area contributed by atoms with Gasteiger partial charge < -0.3 is 16.4 Å². The number of hydrogen-bond donors (Lipinski definition) is 3. The van der Waals surface area contributed by atoms with Crippen molar-refractivity contribution in [2.45, 2.75) is 12.5 Å². The molecule has 0 aromatic carbocycles. The third-order valence-corrected chi connectivity index (χ3v) is 2.34. The lowest BCUT2D eigenvalue weighted by Gasteiger charge is -2.11. The highest BCUT2D eigenvalue weighted by atomic mass is 16.1. The van der Waals surface area contributed by atoms with Crippen LogP contribution in [0.3, 0.4) is 0 Å². The van der Waals surface area contributed by atoms with Gasteiger partial charge in [0, 0.05) is 18.7 Å². The molecule has 5 nitrogen and oxygen atoms in total. The Hall–Kier alpha value is -1.62. The Morgan fingerprint density at radius 1 is 1.73 bits per heavy atom. The molecule has 5 heteroatoms. The summed E-state index contributed by atoms with van der Waals surface area (Å²) < 4.78 is 0. The molecule has 1 saturated heterocycles. The number of nitrogens with two attached hydrogens (primary N) is 1. The Bertz CT molecular complexity index is 360. The van der Waals surface area contributed by atoms with Crippen LogP contribution in [0.5, 0.6) is 0 Å². The standard InChI is InChI=1S/C10H13N4O/c11-10(15)8-2-1-3-9(14-8)13-7-4-5-12-6-7/h1,3,7,12H,4-6H2,(H2,11,15)(H,13,14)/t7-/m1/s1. The molecule has 79 valence electrons. The Balaban J connectivity index is 2.07. The second-order valence-corrected chi connectivity index (χ2v) is 3.52. The molecule has 0 spiro atoms. The lowest BCUT2D eigenvalue weighted by atomic mass is 10.2. The molecule has 0 saturated carbocycles. The molecule has 0 bridgehead atoms. The predicted octanol–water partition coefficient (Wildman–Crippen LogP) is -0.246. The monoisotopic (exact) mass is 205 g/mol. The van der Waals surface area contributed by atoms with E-state index < -0.39 is 5.91 Å². The molecule has 1 fully saturated rings. The topological polar surface area (TPSA) is 80.0 Å². The lowest BCUT2D eigenvalue weighted by Crippen LogP contribution is -2.23. The fraction of sp³-hybridized carbons (Fsp3) is 0.400. The number of nitrogens with zero attached hydrogens (tertiary/aromatic N) is 1. The zero-order chi connectivity index (χ0) is 10.7. The minimum absolute atomic E-state index is 0.172. The molecule has 4 N–H and O–H groups in total. The highest BCUT2D eigenvalue weighted by molar-refractivity contribution is 5.90. The first kappa shape index (κ1) is 9.92. The van der Waals surface area contributed by atoms with Gasteiger partial charge in [-0.2, -0.15) is 0 Å². The molecule has 2 rings (SSSR count). The number of anilines is 1. The third-order valence-electron chi connectivity index (χ3n) is 2.34. The first-order valence-corrected chi connectivity index (χ1v) is 4.91. The van der Waals surface area contributed by atoms with Gasteiger partial charge in [0.05, 0.1) is 0 Å². The van der Waals surface area contributed by atoms with E-state index in [9.17, 15) is 4.79 Å². The van der Waals surface area contributed by atoms with Gasteiger partial charge in [0.2, 0.25) is 0 Å². The van der Waals surface area contributed by atoms with Crippen LogP contribution in [-0.2, 0) is 0 Å². The SMILES string of the molecule is NC(=O)c1[c]ccc(N[C@@H]2CCNC2)n1. The highest BCUT2D eigenvalue weighted by Gasteiger charge is 2.14. The molecule has 1 aliphatic heterocycles. The molecule has 15 heavy (non-hydrogen) atoms. The zero-order valence-corrected chi connectivity index (χ0v) is 8.29. The van der Waals surface area contributed by atoms with Crippen molar-refractivity contribution in [3.63, 3.8) is 0 Å². The van der Waals surface area contributed by atoms with Gasteiger partial charge >= 0.3 is 0 Å². The summed E-state index contributed by atoms with van der Waals surface area (Å²) in [5.74, 6) is 0.124. The molecule has 0 aliphatic carbocycles. The maximum Gasteiger partial charge on any atom is 0.268 e. The predicted molar refractivity (Wildman–Crippen MR) is 56.5 cm³/mol. The molecule has 1 amide bonds. The van der Waals surface area contributed by atoms with Crippen LogP contribution in [0.4, 0.5) is 5.82 Å². The molecule has 1 atom stereocenters. The van der Waals surface area contributed by atoms with Crippen molar-refractivity contribution in [1.29, 1.82) is 0 Å². The highest BCUT2D eigenvalue weighted by Crippen LogP contribution is 2.09. The van der Waals surface area contributed by atoms with Gasteiger partial charge in [-0.25, -0.2) is 4.98 Å². The van der Waals surface area contributed by atoms with Crippen LogP contribution < -0.4 is 16.4 Å². The van der Waals surface area contributed by atoms with Crippen molar-refractivity contribution in [1.82, 2.24) is 10.3 Å². The van der Waals surface area contributed by atoms with E-state index in [0.29, 0.717) is 11.9 Å². The van der Waals surface area contributed by atoms with Crippen molar-refractivity contribution in [2.75, 3.05) is 18.4 Å². The summed E-state index contributed by atoms with van der Waals surface area (Å²) in [4.78, 5) is 14.9. The largest absolute Gasteiger partial charge is 0.366 e. The normalized spacial score (nSPS) is 20.1. The van der Waals surface area contributed by atoms with E-state index in [1.54, 1.807) is 12.1 Å². The summed E-state index contributed by atoms with van der Waals surface area (Å²) in [6.45, 7) is 1.94. The van der Waals surface area contributed by atoms with Crippen LogP contribution in [0.25, 0.3) is 0 Å². The fourth-order valence-corrected chi connectivity index (χ4v) is 1.58. The second-order valence-electron chi connectivity index (χ2n) is 3.52. The number of nitrogens with one attached hydrogen (secondary N) is 2. The van der Waals surface area contributed by atoms with Gasteiger partial charge in [-0.05, 0) is 25.1 Å². The van der Waals surface area contributed by atoms with Crippen molar-refractivity contribution >= 4 is 11.7 Å². The van der Waals surface area contributed by atoms with Crippen molar-refractivity contribution in [2.24, 2.45) is 5.73 Å². The number of rotatable bonds is 3. The molecule has 1 aromatic rings. The average Bonchev–Trinajstić information content (AvgIpc) is 2.71. The maximum absolute atomic E-state index is 10.9. The average molecular weight is 205 g/mol. The second kappa shape index (κ2) is 4.27. The van der Waals surface area contributed by atoms with E-state index in [1.165, 1.54) is 0 Å². The van der Waals surface area contributed by atoms with E-state index in [-0.39, 0.29) is 5.69 Å². The van der Waals surface area contributed by atoms with Crippen LogP contribution in [0.2, 0.25) is 0 Å². The minimum atomic E-state index is -0.553. The van der Waals surface area contributed by atoms with Gasteiger partial charge in [-0.3, -0.25) is 4.79 Å². The number of pyridine rings is 1. The molecular weight excluding hydrogens is 192 g/mol. The van der Waals surface area contributed by atoms with Gasteiger partial charge in [-0.15, -0.1) is 0 Å². The summed E-state index contributed by atoms with van der Waals surface area (Å²) in [5.41, 5.74) is 5.29. The quantitative estimate of drug-likeness (QED) is 0.636. The van der Waals surface area contributed by atoms with Crippen LogP contribution in [0.15, 0.2) is 12.1 Å². The first-order valence-electron chi connectivity index (χ1n) is 4.91. The van der Waals surface area contributed by atoms with Crippen molar-refractivity contribution in [3.8, 4) is 0 Å². The summed E-state index contributed by atoms with van der Waals surface area (Å²) in [7, 11) is 0. The van der Waals surface area contributed by atoms with E-state index in [1.807, 2.05) is 0 Å². The Labute approximate surface area is 88.1 Å². The van der Waals surface area contributed by atoms with Gasteiger partial charge in [0.25, 0.3) is 5.91 Å². The number of amides is 1. The summed E-state index contributed by atoms with van der Waals surface area (Å²) in [5, 5.41) is 6.47. The molecule has 1 aliphatic rings. The summed E-state index contributed by atoms with van der Waals surface area (Å²) in [6, 6.07) is 6.50.